The first-order valence-corrected chi connectivity index (χ1v) is 9.34. The van der Waals surface area contributed by atoms with Crippen LogP contribution in [0.2, 0.25) is 5.02 Å². The summed E-state index contributed by atoms with van der Waals surface area (Å²) in [6.45, 7) is 2.51. The number of likely N-dealkylation sites (tertiary alicyclic amines) is 1. The van der Waals surface area contributed by atoms with E-state index in [-0.39, 0.29) is 5.91 Å². The van der Waals surface area contributed by atoms with Gasteiger partial charge in [-0.3, -0.25) is 4.79 Å². The number of nitrogens with zero attached hydrogens (tertiary/aromatic N) is 2. The number of hydrogen-bond donors (Lipinski definition) is 1. The average Bonchev–Trinajstić information content (AvgIpc) is 2.93. The van der Waals surface area contributed by atoms with Gasteiger partial charge in [0.1, 0.15) is 5.69 Å². The van der Waals surface area contributed by atoms with Crippen LogP contribution in [-0.2, 0) is 6.42 Å². The maximum atomic E-state index is 12.5. The van der Waals surface area contributed by atoms with E-state index in [4.69, 9.17) is 11.6 Å². The first kappa shape index (κ1) is 17.7. The number of carbonyl (C=O) groups is 1. The van der Waals surface area contributed by atoms with Crippen LogP contribution in [-0.4, -0.2) is 35.4 Å². The predicted octanol–water partition coefficient (Wildman–Crippen LogP) is 4.41. The molecule has 1 aliphatic rings. The second kappa shape index (κ2) is 8.86. The number of anilines is 1. The Kier molecular flexibility index (Phi) is 6.29. The highest BCUT2D eigenvalue weighted by Gasteiger charge is 2.18. The van der Waals surface area contributed by atoms with Crippen molar-refractivity contribution in [3.63, 3.8) is 0 Å². The summed E-state index contributed by atoms with van der Waals surface area (Å²) in [4.78, 5) is 18.8. The lowest BCUT2D eigenvalue weighted by Crippen LogP contribution is -2.32. The van der Waals surface area contributed by atoms with Crippen molar-refractivity contribution in [2.24, 2.45) is 0 Å². The van der Waals surface area contributed by atoms with E-state index in [1.807, 2.05) is 41.3 Å². The van der Waals surface area contributed by atoms with Crippen LogP contribution < -0.4 is 5.32 Å². The molecule has 1 fully saturated rings. The van der Waals surface area contributed by atoms with E-state index in [1.165, 1.54) is 18.4 Å². The highest BCUT2D eigenvalue weighted by Crippen LogP contribution is 2.14. The van der Waals surface area contributed by atoms with Gasteiger partial charge in [-0.15, -0.1) is 0 Å². The van der Waals surface area contributed by atoms with Gasteiger partial charge in [-0.1, -0.05) is 36.6 Å². The first-order valence-electron chi connectivity index (χ1n) is 8.96. The largest absolute Gasteiger partial charge is 0.383 e. The van der Waals surface area contributed by atoms with Gasteiger partial charge in [0.15, 0.2) is 0 Å². The maximum Gasteiger partial charge on any atom is 0.272 e. The summed E-state index contributed by atoms with van der Waals surface area (Å²) in [5.74, 6) is 0.0506. The first-order chi connectivity index (χ1) is 12.2. The molecule has 0 bridgehead atoms. The van der Waals surface area contributed by atoms with Crippen molar-refractivity contribution in [1.29, 1.82) is 0 Å². The summed E-state index contributed by atoms with van der Waals surface area (Å²) in [7, 11) is 0. The van der Waals surface area contributed by atoms with Crippen LogP contribution in [0.15, 0.2) is 42.6 Å². The molecule has 0 radical (unpaired) electrons. The number of carbonyl (C=O) groups excluding carboxylic acids is 1. The summed E-state index contributed by atoms with van der Waals surface area (Å²) in [5.41, 5.74) is 2.70. The Morgan fingerprint density at radius 2 is 1.76 bits per heavy atom. The number of aromatic nitrogens is 1. The second-order valence-electron chi connectivity index (χ2n) is 6.44. The fraction of sp³-hybridized carbons (Fsp3) is 0.400. The molecular weight excluding hydrogens is 334 g/mol. The van der Waals surface area contributed by atoms with Crippen molar-refractivity contribution in [2.45, 2.75) is 32.1 Å². The molecule has 25 heavy (non-hydrogen) atoms. The zero-order valence-electron chi connectivity index (χ0n) is 14.4. The molecule has 1 amide bonds. The Balaban J connectivity index is 1.51. The Hall–Kier alpha value is -2.07. The molecule has 1 aliphatic heterocycles. The van der Waals surface area contributed by atoms with Gasteiger partial charge in [0, 0.05) is 24.7 Å². The minimum Gasteiger partial charge on any atom is -0.383 e. The third-order valence-corrected chi connectivity index (χ3v) is 4.78. The number of pyridine rings is 1. The molecule has 1 aromatic heterocycles. The average molecular weight is 358 g/mol. The lowest BCUT2D eigenvalue weighted by Gasteiger charge is -2.19. The van der Waals surface area contributed by atoms with Crippen molar-refractivity contribution < 1.29 is 4.79 Å². The zero-order chi connectivity index (χ0) is 17.5. The molecule has 1 aromatic carbocycles. The lowest BCUT2D eigenvalue weighted by atomic mass is 10.1. The minimum absolute atomic E-state index is 0.0506. The summed E-state index contributed by atoms with van der Waals surface area (Å²) in [6.07, 6.45) is 7.27. The van der Waals surface area contributed by atoms with Crippen LogP contribution >= 0.6 is 11.6 Å². The third-order valence-electron chi connectivity index (χ3n) is 4.53. The lowest BCUT2D eigenvalue weighted by molar-refractivity contribution is 0.0756. The second-order valence-corrected chi connectivity index (χ2v) is 6.88. The van der Waals surface area contributed by atoms with Gasteiger partial charge in [-0.2, -0.15) is 0 Å². The fourth-order valence-corrected chi connectivity index (χ4v) is 3.19. The zero-order valence-corrected chi connectivity index (χ0v) is 15.1. The van der Waals surface area contributed by atoms with Crippen molar-refractivity contribution >= 4 is 23.2 Å². The predicted molar refractivity (Wildman–Crippen MR) is 102 cm³/mol. The molecule has 1 N–H and O–H groups in total. The van der Waals surface area contributed by atoms with Gasteiger partial charge >= 0.3 is 0 Å². The Labute approximate surface area is 154 Å². The van der Waals surface area contributed by atoms with Crippen LogP contribution in [0.25, 0.3) is 0 Å². The number of benzene rings is 1. The normalized spacial score (nSPS) is 14.8. The molecule has 5 heteroatoms. The molecule has 1 saturated heterocycles. The fourth-order valence-electron chi connectivity index (χ4n) is 3.06. The van der Waals surface area contributed by atoms with Crippen LogP contribution in [0, 0.1) is 0 Å². The number of nitrogens with one attached hydrogen (secondary N) is 1. The number of hydrogen-bond acceptors (Lipinski definition) is 3. The molecule has 0 saturated carbocycles. The molecule has 132 valence electrons. The van der Waals surface area contributed by atoms with Gasteiger partial charge in [-0.25, -0.2) is 4.98 Å². The molecule has 3 rings (SSSR count). The van der Waals surface area contributed by atoms with E-state index in [9.17, 15) is 4.79 Å². The van der Waals surface area contributed by atoms with Crippen LogP contribution in [0.1, 0.15) is 41.7 Å². The van der Waals surface area contributed by atoms with Crippen LogP contribution in [0.4, 0.5) is 5.69 Å². The Morgan fingerprint density at radius 1 is 1.04 bits per heavy atom. The Bertz CT molecular complexity index is 677. The molecule has 2 aromatic rings. The number of halogens is 1. The summed E-state index contributed by atoms with van der Waals surface area (Å²) >= 11 is 5.89. The highest BCUT2D eigenvalue weighted by molar-refractivity contribution is 6.30. The molecule has 0 unspecified atom stereocenters. The van der Waals surface area contributed by atoms with E-state index < -0.39 is 0 Å². The molecule has 4 nitrogen and oxygen atoms in total. The molecule has 2 heterocycles. The topological polar surface area (TPSA) is 45.2 Å². The van der Waals surface area contributed by atoms with Gasteiger partial charge in [0.05, 0.1) is 11.9 Å². The maximum absolute atomic E-state index is 12.5. The van der Waals surface area contributed by atoms with Gasteiger partial charge in [0.2, 0.25) is 0 Å². The monoisotopic (exact) mass is 357 g/mol. The molecular formula is C20H24ClN3O. The Morgan fingerprint density at radius 3 is 2.40 bits per heavy atom. The van der Waals surface area contributed by atoms with Crippen LogP contribution in [0.5, 0.6) is 0 Å². The van der Waals surface area contributed by atoms with E-state index in [0.29, 0.717) is 5.69 Å². The standard InChI is InChI=1S/C20H24ClN3O/c21-17-7-5-16(6-8-17)11-12-22-18-9-10-19(23-15-18)20(25)24-13-3-1-2-4-14-24/h5-10,15,22H,1-4,11-14H2. The SMILES string of the molecule is O=C(c1ccc(NCCc2ccc(Cl)cc2)cn1)N1CCCCCC1. The van der Waals surface area contributed by atoms with E-state index >= 15 is 0 Å². The van der Waals surface area contributed by atoms with Crippen molar-refractivity contribution in [3.05, 3.63) is 58.9 Å². The van der Waals surface area contributed by atoms with Gasteiger partial charge < -0.3 is 10.2 Å². The number of rotatable bonds is 5. The van der Waals surface area contributed by atoms with Gasteiger partial charge in [-0.05, 0) is 49.1 Å². The quantitative estimate of drug-likeness (QED) is 0.862. The van der Waals surface area contributed by atoms with E-state index in [0.717, 1.165) is 49.6 Å². The summed E-state index contributed by atoms with van der Waals surface area (Å²) < 4.78 is 0. The molecule has 0 aliphatic carbocycles. The van der Waals surface area contributed by atoms with Crippen molar-refractivity contribution in [2.75, 3.05) is 25.0 Å². The van der Waals surface area contributed by atoms with E-state index in [2.05, 4.69) is 10.3 Å². The van der Waals surface area contributed by atoms with Gasteiger partial charge in [0.25, 0.3) is 5.91 Å². The molecule has 0 atom stereocenters. The minimum atomic E-state index is 0.0506. The highest BCUT2D eigenvalue weighted by atomic mass is 35.5. The van der Waals surface area contributed by atoms with Crippen molar-refractivity contribution in [3.8, 4) is 0 Å². The van der Waals surface area contributed by atoms with Crippen molar-refractivity contribution in [1.82, 2.24) is 9.88 Å². The summed E-state index contributed by atoms with van der Waals surface area (Å²) in [6, 6.07) is 11.6. The van der Waals surface area contributed by atoms with Crippen LogP contribution in [0.3, 0.4) is 0 Å². The smallest absolute Gasteiger partial charge is 0.272 e. The van der Waals surface area contributed by atoms with E-state index in [1.54, 1.807) is 6.20 Å². The third kappa shape index (κ3) is 5.20. The summed E-state index contributed by atoms with van der Waals surface area (Å²) in [5, 5.41) is 4.10. The molecule has 0 spiro atoms. The number of amides is 1.